The summed E-state index contributed by atoms with van der Waals surface area (Å²) in [5, 5.41) is 12.2. The molecule has 0 atom stereocenters. The maximum atomic E-state index is 12.8. The Hall–Kier alpha value is -1.40. The number of rotatable bonds is 4. The molecule has 0 saturated heterocycles. The summed E-state index contributed by atoms with van der Waals surface area (Å²) in [6.07, 6.45) is 5.29. The van der Waals surface area contributed by atoms with Gasteiger partial charge in [-0.3, -0.25) is 0 Å². The molecule has 0 bridgehead atoms. The first-order valence-electron chi connectivity index (χ1n) is 6.62. The number of benzene rings is 1. The third-order valence-corrected chi connectivity index (χ3v) is 3.73. The minimum atomic E-state index is -0.184. The first-order chi connectivity index (χ1) is 8.78. The van der Waals surface area contributed by atoms with Gasteiger partial charge in [0.25, 0.3) is 0 Å². The van der Waals surface area contributed by atoms with E-state index < -0.39 is 0 Å². The Labute approximate surface area is 108 Å². The number of hydrogen-bond acceptors (Lipinski definition) is 2. The van der Waals surface area contributed by atoms with E-state index >= 15 is 0 Å². The zero-order valence-electron chi connectivity index (χ0n) is 10.5. The molecule has 1 N–H and O–H groups in total. The van der Waals surface area contributed by atoms with Gasteiger partial charge in [-0.05, 0) is 49.3 Å². The Bertz CT molecular complexity index is 399. The maximum Gasteiger partial charge on any atom is 0.123 e. The van der Waals surface area contributed by atoms with E-state index in [4.69, 9.17) is 5.26 Å². The van der Waals surface area contributed by atoms with Crippen LogP contribution >= 0.6 is 0 Å². The predicted molar refractivity (Wildman–Crippen MR) is 69.2 cm³/mol. The predicted octanol–water partition coefficient (Wildman–Crippen LogP) is 3.39. The lowest BCUT2D eigenvalue weighted by molar-refractivity contribution is 0.294. The van der Waals surface area contributed by atoms with Gasteiger partial charge in [0.05, 0.1) is 6.07 Å². The van der Waals surface area contributed by atoms with Crippen LogP contribution in [0.2, 0.25) is 0 Å². The maximum absolute atomic E-state index is 12.8. The molecule has 1 saturated carbocycles. The lowest BCUT2D eigenvalue weighted by atomic mass is 9.84. The SMILES string of the molecule is N#CCC1CCC(NCc2ccc(F)cc2)CC1. The number of halogens is 1. The van der Waals surface area contributed by atoms with Crippen LogP contribution in [0.25, 0.3) is 0 Å². The van der Waals surface area contributed by atoms with Gasteiger partial charge in [-0.2, -0.15) is 5.26 Å². The van der Waals surface area contributed by atoms with E-state index in [9.17, 15) is 4.39 Å². The van der Waals surface area contributed by atoms with Crippen molar-refractivity contribution in [1.82, 2.24) is 5.32 Å². The molecule has 1 aromatic rings. The first kappa shape index (κ1) is 13.0. The lowest BCUT2D eigenvalue weighted by Crippen LogP contribution is -2.32. The first-order valence-corrected chi connectivity index (χ1v) is 6.62. The number of nitrogens with one attached hydrogen (secondary N) is 1. The average molecular weight is 246 g/mol. The molecule has 0 aromatic heterocycles. The van der Waals surface area contributed by atoms with Crippen LogP contribution in [0, 0.1) is 23.1 Å². The summed E-state index contributed by atoms with van der Waals surface area (Å²) in [6, 6.07) is 9.45. The van der Waals surface area contributed by atoms with Crippen LogP contribution in [-0.4, -0.2) is 6.04 Å². The van der Waals surface area contributed by atoms with Crippen molar-refractivity contribution in [2.24, 2.45) is 5.92 Å². The standard InChI is InChI=1S/C15H19FN2/c16-14-5-1-13(2-6-14)11-18-15-7-3-12(4-8-15)9-10-17/h1-2,5-6,12,15,18H,3-4,7-9,11H2. The second-order valence-corrected chi connectivity index (χ2v) is 5.09. The van der Waals surface area contributed by atoms with Crippen LogP contribution in [0.1, 0.15) is 37.7 Å². The highest BCUT2D eigenvalue weighted by Gasteiger charge is 2.20. The average Bonchev–Trinajstić information content (AvgIpc) is 2.40. The molecular formula is C15H19FN2. The molecule has 96 valence electrons. The van der Waals surface area contributed by atoms with E-state index in [2.05, 4.69) is 11.4 Å². The second kappa shape index (κ2) is 6.51. The van der Waals surface area contributed by atoms with E-state index in [1.165, 1.54) is 12.1 Å². The molecule has 0 radical (unpaired) electrons. The van der Waals surface area contributed by atoms with Crippen LogP contribution in [-0.2, 0) is 6.54 Å². The van der Waals surface area contributed by atoms with Crippen LogP contribution < -0.4 is 5.32 Å². The molecule has 0 unspecified atom stereocenters. The van der Waals surface area contributed by atoms with Crippen LogP contribution in [0.15, 0.2) is 24.3 Å². The van der Waals surface area contributed by atoms with Crippen LogP contribution in [0.3, 0.4) is 0 Å². The molecule has 0 spiro atoms. The Morgan fingerprint density at radius 2 is 1.83 bits per heavy atom. The molecule has 1 aromatic carbocycles. The van der Waals surface area contributed by atoms with Gasteiger partial charge in [-0.15, -0.1) is 0 Å². The summed E-state index contributed by atoms with van der Waals surface area (Å²) in [5.41, 5.74) is 1.12. The molecular weight excluding hydrogens is 227 g/mol. The minimum absolute atomic E-state index is 0.184. The Morgan fingerprint density at radius 1 is 1.17 bits per heavy atom. The molecule has 2 nitrogen and oxygen atoms in total. The topological polar surface area (TPSA) is 35.8 Å². The van der Waals surface area contributed by atoms with Crippen LogP contribution in [0.4, 0.5) is 4.39 Å². The van der Waals surface area contributed by atoms with E-state index in [0.717, 1.165) is 37.8 Å². The van der Waals surface area contributed by atoms with Crippen molar-refractivity contribution < 1.29 is 4.39 Å². The van der Waals surface area contributed by atoms with Crippen molar-refractivity contribution in [1.29, 1.82) is 5.26 Å². The molecule has 18 heavy (non-hydrogen) atoms. The zero-order chi connectivity index (χ0) is 12.8. The van der Waals surface area contributed by atoms with Gasteiger partial charge in [0, 0.05) is 19.0 Å². The van der Waals surface area contributed by atoms with E-state index in [-0.39, 0.29) is 5.82 Å². The minimum Gasteiger partial charge on any atom is -0.310 e. The van der Waals surface area contributed by atoms with Crippen molar-refractivity contribution >= 4 is 0 Å². The summed E-state index contributed by atoms with van der Waals surface area (Å²) in [6.45, 7) is 0.799. The second-order valence-electron chi connectivity index (χ2n) is 5.09. The third kappa shape index (κ3) is 3.82. The lowest BCUT2D eigenvalue weighted by Gasteiger charge is -2.28. The van der Waals surface area contributed by atoms with Crippen molar-refractivity contribution in [3.8, 4) is 6.07 Å². The quantitative estimate of drug-likeness (QED) is 0.884. The Morgan fingerprint density at radius 3 is 2.44 bits per heavy atom. The largest absolute Gasteiger partial charge is 0.310 e. The summed E-state index contributed by atoms with van der Waals surface area (Å²) in [7, 11) is 0. The fourth-order valence-corrected chi connectivity index (χ4v) is 2.56. The molecule has 1 fully saturated rings. The smallest absolute Gasteiger partial charge is 0.123 e. The normalized spacial score (nSPS) is 23.6. The molecule has 0 heterocycles. The third-order valence-electron chi connectivity index (χ3n) is 3.73. The van der Waals surface area contributed by atoms with E-state index in [0.29, 0.717) is 18.4 Å². The summed E-state index contributed by atoms with van der Waals surface area (Å²) >= 11 is 0. The van der Waals surface area contributed by atoms with Gasteiger partial charge >= 0.3 is 0 Å². The van der Waals surface area contributed by atoms with Gasteiger partial charge < -0.3 is 5.32 Å². The molecule has 2 rings (SSSR count). The number of nitriles is 1. The van der Waals surface area contributed by atoms with Gasteiger partial charge in [-0.25, -0.2) is 4.39 Å². The van der Waals surface area contributed by atoms with E-state index in [1.54, 1.807) is 0 Å². The van der Waals surface area contributed by atoms with Crippen molar-refractivity contribution in [2.75, 3.05) is 0 Å². The number of hydrogen-bond donors (Lipinski definition) is 1. The fraction of sp³-hybridized carbons (Fsp3) is 0.533. The van der Waals surface area contributed by atoms with Gasteiger partial charge in [-0.1, -0.05) is 12.1 Å². The monoisotopic (exact) mass is 246 g/mol. The molecule has 1 aliphatic rings. The molecule has 0 amide bonds. The van der Waals surface area contributed by atoms with Crippen molar-refractivity contribution in [3.05, 3.63) is 35.6 Å². The zero-order valence-corrected chi connectivity index (χ0v) is 10.5. The van der Waals surface area contributed by atoms with Crippen molar-refractivity contribution in [3.63, 3.8) is 0 Å². The Balaban J connectivity index is 1.72. The van der Waals surface area contributed by atoms with Gasteiger partial charge in [0.1, 0.15) is 5.82 Å². The molecule has 3 heteroatoms. The highest BCUT2D eigenvalue weighted by Crippen LogP contribution is 2.26. The highest BCUT2D eigenvalue weighted by atomic mass is 19.1. The van der Waals surface area contributed by atoms with Gasteiger partial charge in [0.2, 0.25) is 0 Å². The summed E-state index contributed by atoms with van der Waals surface area (Å²) in [5.74, 6) is 0.412. The molecule has 1 aliphatic carbocycles. The summed E-state index contributed by atoms with van der Waals surface area (Å²) in [4.78, 5) is 0. The fourth-order valence-electron chi connectivity index (χ4n) is 2.56. The highest BCUT2D eigenvalue weighted by molar-refractivity contribution is 5.15. The van der Waals surface area contributed by atoms with Gasteiger partial charge in [0.15, 0.2) is 0 Å². The van der Waals surface area contributed by atoms with Crippen LogP contribution in [0.5, 0.6) is 0 Å². The van der Waals surface area contributed by atoms with E-state index in [1.807, 2.05) is 12.1 Å². The molecule has 0 aliphatic heterocycles. The number of nitrogens with zero attached hydrogens (tertiary/aromatic N) is 1. The Kier molecular flexibility index (Phi) is 4.72. The summed E-state index contributed by atoms with van der Waals surface area (Å²) < 4.78 is 12.8. The van der Waals surface area contributed by atoms with Crippen molar-refractivity contribution in [2.45, 2.75) is 44.7 Å².